The van der Waals surface area contributed by atoms with Crippen molar-refractivity contribution in [3.8, 4) is 0 Å². The lowest BCUT2D eigenvalue weighted by Gasteiger charge is -2.29. The molecule has 0 atom stereocenters. The smallest absolute Gasteiger partial charge is 0.315 e. The van der Waals surface area contributed by atoms with Crippen LogP contribution in [-0.2, 0) is 21.4 Å². The number of amides is 3. The molecule has 9 heteroatoms. The molecule has 3 rings (SSSR count). The van der Waals surface area contributed by atoms with Crippen LogP contribution in [-0.4, -0.2) is 32.9 Å². The topological polar surface area (TPSA) is 116 Å². The largest absolute Gasteiger partial charge is 0.334 e. The molecule has 31 heavy (non-hydrogen) atoms. The monoisotopic (exact) mass is 444 g/mol. The number of aryl methyl sites for hydroxylation is 1. The molecule has 0 saturated heterocycles. The zero-order chi connectivity index (χ0) is 22.5. The van der Waals surface area contributed by atoms with E-state index in [2.05, 4.69) is 20.7 Å². The first-order valence-corrected chi connectivity index (χ1v) is 11.7. The Hall–Kier alpha value is -2.91. The van der Waals surface area contributed by atoms with Gasteiger partial charge in [0.2, 0.25) is 15.9 Å². The second kappa shape index (κ2) is 9.49. The van der Waals surface area contributed by atoms with Crippen LogP contribution in [0.15, 0.2) is 53.4 Å². The van der Waals surface area contributed by atoms with Crippen molar-refractivity contribution in [1.29, 1.82) is 0 Å². The van der Waals surface area contributed by atoms with E-state index >= 15 is 0 Å². The Morgan fingerprint density at radius 2 is 1.71 bits per heavy atom. The molecule has 0 unspecified atom stereocenters. The number of hydrogen-bond acceptors (Lipinski definition) is 4. The summed E-state index contributed by atoms with van der Waals surface area (Å²) in [6.45, 7) is 2.04. The maximum atomic E-state index is 13.1. The summed E-state index contributed by atoms with van der Waals surface area (Å²) in [6, 6.07) is 13.8. The van der Waals surface area contributed by atoms with Crippen molar-refractivity contribution in [2.45, 2.75) is 49.6 Å². The minimum atomic E-state index is -3.66. The number of sulfonamides is 1. The summed E-state index contributed by atoms with van der Waals surface area (Å²) in [5.41, 5.74) is 0.859. The molecule has 0 spiro atoms. The standard InChI is InChI=1S/C22H28N4O4S/c1-16-10-11-18(14-19(16)31(29,30)23-2)25-20(27)22(12-6-7-13-22)26-21(28)24-15-17-8-4-3-5-9-17/h3-5,8-11,14,23H,6-7,12-13,15H2,1-2H3,(H,25,27)(H2,24,26,28). The average molecular weight is 445 g/mol. The van der Waals surface area contributed by atoms with Crippen molar-refractivity contribution in [1.82, 2.24) is 15.4 Å². The SMILES string of the molecule is CNS(=O)(=O)c1cc(NC(=O)C2(NC(=O)NCc3ccccc3)CCCC2)ccc1C. The highest BCUT2D eigenvalue weighted by Gasteiger charge is 2.42. The molecule has 2 aromatic rings. The molecule has 0 heterocycles. The number of benzene rings is 2. The number of carbonyl (C=O) groups excluding carboxylic acids is 2. The van der Waals surface area contributed by atoms with E-state index in [0.29, 0.717) is 30.6 Å². The van der Waals surface area contributed by atoms with Gasteiger partial charge < -0.3 is 16.0 Å². The number of carbonyl (C=O) groups is 2. The normalized spacial score (nSPS) is 15.3. The van der Waals surface area contributed by atoms with Crippen LogP contribution in [0.1, 0.15) is 36.8 Å². The molecule has 3 amide bonds. The fourth-order valence-electron chi connectivity index (χ4n) is 3.76. The van der Waals surface area contributed by atoms with Gasteiger partial charge in [0.1, 0.15) is 5.54 Å². The minimum Gasteiger partial charge on any atom is -0.334 e. The van der Waals surface area contributed by atoms with E-state index in [0.717, 1.165) is 18.4 Å². The maximum Gasteiger partial charge on any atom is 0.315 e. The molecule has 0 radical (unpaired) electrons. The summed E-state index contributed by atoms with van der Waals surface area (Å²) in [7, 11) is -2.32. The third-order valence-electron chi connectivity index (χ3n) is 5.54. The first kappa shape index (κ1) is 22.8. The van der Waals surface area contributed by atoms with Crippen LogP contribution < -0.4 is 20.7 Å². The van der Waals surface area contributed by atoms with Crippen LogP contribution >= 0.6 is 0 Å². The third-order valence-corrected chi connectivity index (χ3v) is 7.10. The molecule has 2 aromatic carbocycles. The molecular formula is C22H28N4O4S. The third kappa shape index (κ3) is 5.42. The summed E-state index contributed by atoms with van der Waals surface area (Å²) in [5.74, 6) is -0.350. The van der Waals surface area contributed by atoms with Crippen LogP contribution in [0.2, 0.25) is 0 Å². The van der Waals surface area contributed by atoms with Crippen molar-refractivity contribution < 1.29 is 18.0 Å². The van der Waals surface area contributed by atoms with Crippen LogP contribution in [0, 0.1) is 6.92 Å². The highest BCUT2D eigenvalue weighted by atomic mass is 32.2. The van der Waals surface area contributed by atoms with Gasteiger partial charge in [0.05, 0.1) is 4.90 Å². The molecule has 1 aliphatic rings. The summed E-state index contributed by atoms with van der Waals surface area (Å²) < 4.78 is 26.7. The summed E-state index contributed by atoms with van der Waals surface area (Å²) in [6.07, 6.45) is 2.68. The van der Waals surface area contributed by atoms with E-state index in [1.807, 2.05) is 30.3 Å². The zero-order valence-corrected chi connectivity index (χ0v) is 18.5. The number of hydrogen-bond donors (Lipinski definition) is 4. The van der Waals surface area contributed by atoms with E-state index in [9.17, 15) is 18.0 Å². The Bertz CT molecular complexity index is 1050. The molecule has 0 aliphatic heterocycles. The molecule has 8 nitrogen and oxygen atoms in total. The Kier molecular flexibility index (Phi) is 6.97. The van der Waals surface area contributed by atoms with E-state index in [-0.39, 0.29) is 10.8 Å². The molecule has 1 fully saturated rings. The van der Waals surface area contributed by atoms with Crippen LogP contribution in [0.3, 0.4) is 0 Å². The molecule has 0 bridgehead atoms. The van der Waals surface area contributed by atoms with Gasteiger partial charge in [-0.3, -0.25) is 4.79 Å². The van der Waals surface area contributed by atoms with Gasteiger partial charge >= 0.3 is 6.03 Å². The number of rotatable bonds is 7. The number of nitrogens with one attached hydrogen (secondary N) is 4. The molecular weight excluding hydrogens is 416 g/mol. The van der Waals surface area contributed by atoms with Gasteiger partial charge in [0.25, 0.3) is 0 Å². The highest BCUT2D eigenvalue weighted by molar-refractivity contribution is 7.89. The summed E-state index contributed by atoms with van der Waals surface area (Å²) in [5, 5.41) is 8.45. The predicted octanol–water partition coefficient (Wildman–Crippen LogP) is 2.65. The van der Waals surface area contributed by atoms with E-state index < -0.39 is 21.6 Å². The van der Waals surface area contributed by atoms with E-state index in [1.165, 1.54) is 13.1 Å². The lowest BCUT2D eigenvalue weighted by Crippen LogP contribution is -2.57. The molecule has 4 N–H and O–H groups in total. The summed E-state index contributed by atoms with van der Waals surface area (Å²) >= 11 is 0. The van der Waals surface area contributed by atoms with Gasteiger partial charge in [-0.15, -0.1) is 0 Å². The molecule has 166 valence electrons. The zero-order valence-electron chi connectivity index (χ0n) is 17.7. The van der Waals surface area contributed by atoms with Gasteiger partial charge in [-0.05, 0) is 50.1 Å². The quantitative estimate of drug-likeness (QED) is 0.525. The lowest BCUT2D eigenvalue weighted by molar-refractivity contribution is -0.121. The minimum absolute atomic E-state index is 0.0989. The van der Waals surface area contributed by atoms with Gasteiger partial charge in [0, 0.05) is 12.2 Å². The van der Waals surface area contributed by atoms with Gasteiger partial charge in [-0.25, -0.2) is 17.9 Å². The van der Waals surface area contributed by atoms with Crippen LogP contribution in [0.4, 0.5) is 10.5 Å². The van der Waals surface area contributed by atoms with Crippen molar-refractivity contribution >= 4 is 27.6 Å². The number of urea groups is 1. The fraction of sp³-hybridized carbons (Fsp3) is 0.364. The maximum absolute atomic E-state index is 13.1. The van der Waals surface area contributed by atoms with Gasteiger partial charge in [-0.1, -0.05) is 49.2 Å². The molecule has 1 aliphatic carbocycles. The van der Waals surface area contributed by atoms with Crippen molar-refractivity contribution in [3.63, 3.8) is 0 Å². The highest BCUT2D eigenvalue weighted by Crippen LogP contribution is 2.31. The predicted molar refractivity (Wildman–Crippen MR) is 119 cm³/mol. The van der Waals surface area contributed by atoms with Crippen molar-refractivity contribution in [2.75, 3.05) is 12.4 Å². The fourth-order valence-corrected chi connectivity index (χ4v) is 4.75. The van der Waals surface area contributed by atoms with Gasteiger partial charge in [0.15, 0.2) is 0 Å². The lowest BCUT2D eigenvalue weighted by atomic mass is 9.96. The number of anilines is 1. The van der Waals surface area contributed by atoms with Crippen molar-refractivity contribution in [2.24, 2.45) is 0 Å². The van der Waals surface area contributed by atoms with Crippen LogP contribution in [0.25, 0.3) is 0 Å². The molecule has 1 saturated carbocycles. The Labute approximate surface area is 182 Å². The Balaban J connectivity index is 1.72. The average Bonchev–Trinajstić information content (AvgIpc) is 3.24. The first-order valence-electron chi connectivity index (χ1n) is 10.2. The van der Waals surface area contributed by atoms with Crippen molar-refractivity contribution in [3.05, 3.63) is 59.7 Å². The Morgan fingerprint density at radius 3 is 2.35 bits per heavy atom. The Morgan fingerprint density at radius 1 is 1.03 bits per heavy atom. The van der Waals surface area contributed by atoms with Crippen LogP contribution in [0.5, 0.6) is 0 Å². The van der Waals surface area contributed by atoms with Gasteiger partial charge in [-0.2, -0.15) is 0 Å². The second-order valence-electron chi connectivity index (χ2n) is 7.72. The van der Waals surface area contributed by atoms with E-state index in [1.54, 1.807) is 19.1 Å². The first-order chi connectivity index (χ1) is 14.8. The summed E-state index contributed by atoms with van der Waals surface area (Å²) in [4.78, 5) is 25.8. The second-order valence-corrected chi connectivity index (χ2v) is 9.58. The van der Waals surface area contributed by atoms with E-state index in [4.69, 9.17) is 0 Å². The molecule has 0 aromatic heterocycles.